The van der Waals surface area contributed by atoms with Crippen molar-refractivity contribution in [2.24, 2.45) is 7.05 Å². The Kier molecular flexibility index (Phi) is 5.56. The predicted octanol–water partition coefficient (Wildman–Crippen LogP) is 3.43. The quantitative estimate of drug-likeness (QED) is 0.844. The number of nitrogens with one attached hydrogen (secondary N) is 1. The summed E-state index contributed by atoms with van der Waals surface area (Å²) in [4.78, 5) is 19.9. The molecule has 0 unspecified atom stereocenters. The van der Waals surface area contributed by atoms with Crippen molar-refractivity contribution < 1.29 is 18.0 Å². The molecule has 0 spiro atoms. The molecular weight excluding hydrogens is 387 g/mol. The molecular formula is C15H18F3N5OS2. The highest BCUT2D eigenvalue weighted by Gasteiger charge is 2.38. The summed E-state index contributed by atoms with van der Waals surface area (Å²) >= 11 is 3.38. The van der Waals surface area contributed by atoms with Gasteiger partial charge in [0.15, 0.2) is 0 Å². The minimum absolute atomic E-state index is 0.0736. The summed E-state index contributed by atoms with van der Waals surface area (Å²) in [6.45, 7) is 1.96. The van der Waals surface area contributed by atoms with E-state index in [4.69, 9.17) is 0 Å². The van der Waals surface area contributed by atoms with Crippen LogP contribution < -0.4 is 5.32 Å². The number of rotatable bonds is 4. The van der Waals surface area contributed by atoms with E-state index in [1.807, 2.05) is 12.3 Å². The number of thioether (sulfide) groups is 1. The molecule has 6 nitrogen and oxygen atoms in total. The number of carbonyl (C=O) groups is 1. The molecule has 1 saturated carbocycles. The van der Waals surface area contributed by atoms with Crippen molar-refractivity contribution in [1.29, 1.82) is 0 Å². The summed E-state index contributed by atoms with van der Waals surface area (Å²) < 4.78 is 39.9. The molecule has 0 aromatic carbocycles. The molecule has 0 atom stereocenters. The minimum atomic E-state index is -4.64. The molecule has 1 amide bonds. The number of amides is 1. The van der Waals surface area contributed by atoms with Crippen LogP contribution in [0.4, 0.5) is 13.2 Å². The van der Waals surface area contributed by atoms with Gasteiger partial charge in [0.25, 0.3) is 5.91 Å². The van der Waals surface area contributed by atoms with Gasteiger partial charge in [-0.25, -0.2) is 9.67 Å². The number of hydrogen-bond donors (Lipinski definition) is 1. The first-order chi connectivity index (χ1) is 12.2. The first-order valence-electron chi connectivity index (χ1n) is 8.10. The number of nitrogens with zero attached hydrogens (tertiary/aromatic N) is 4. The largest absolute Gasteiger partial charge is 0.451 e. The second kappa shape index (κ2) is 7.55. The van der Waals surface area contributed by atoms with Crippen LogP contribution in [0, 0.1) is 6.92 Å². The van der Waals surface area contributed by atoms with Gasteiger partial charge in [0.2, 0.25) is 11.6 Å². The van der Waals surface area contributed by atoms with Crippen LogP contribution in [0.3, 0.4) is 0 Å². The van der Waals surface area contributed by atoms with E-state index in [0.29, 0.717) is 9.93 Å². The van der Waals surface area contributed by atoms with Gasteiger partial charge in [-0.15, -0.1) is 16.4 Å². The topological polar surface area (TPSA) is 72.7 Å². The van der Waals surface area contributed by atoms with Crippen LogP contribution in [0.5, 0.6) is 0 Å². The van der Waals surface area contributed by atoms with E-state index in [0.717, 1.165) is 42.8 Å². The van der Waals surface area contributed by atoms with Gasteiger partial charge in [0.1, 0.15) is 4.34 Å². The number of halogens is 3. The summed E-state index contributed by atoms with van der Waals surface area (Å²) in [5, 5.41) is 8.79. The fourth-order valence-corrected chi connectivity index (χ4v) is 5.12. The maximum atomic E-state index is 12.7. The van der Waals surface area contributed by atoms with Gasteiger partial charge in [0, 0.05) is 29.4 Å². The zero-order chi connectivity index (χ0) is 18.9. The van der Waals surface area contributed by atoms with Crippen LogP contribution in [-0.4, -0.2) is 36.9 Å². The maximum Gasteiger partial charge on any atom is 0.451 e. The average Bonchev–Trinajstić information content (AvgIpc) is 3.15. The van der Waals surface area contributed by atoms with Gasteiger partial charge in [0.05, 0.1) is 0 Å². The zero-order valence-electron chi connectivity index (χ0n) is 14.2. The fourth-order valence-electron chi connectivity index (χ4n) is 2.83. The highest BCUT2D eigenvalue weighted by atomic mass is 32.2. The van der Waals surface area contributed by atoms with Crippen molar-refractivity contribution in [2.75, 3.05) is 0 Å². The molecule has 2 aromatic heterocycles. The number of carbonyl (C=O) groups excluding carboxylic acids is 1. The molecule has 0 radical (unpaired) electrons. The maximum absolute atomic E-state index is 12.7. The molecule has 142 valence electrons. The summed E-state index contributed by atoms with van der Waals surface area (Å²) in [6, 6.07) is -0.0736. The highest BCUT2D eigenvalue weighted by Crippen LogP contribution is 2.35. The lowest BCUT2D eigenvalue weighted by Gasteiger charge is -2.27. The average molecular weight is 405 g/mol. The molecule has 1 N–H and O–H groups in total. The Balaban J connectivity index is 1.52. The summed E-state index contributed by atoms with van der Waals surface area (Å²) in [7, 11) is 1.12. The Morgan fingerprint density at radius 1 is 1.31 bits per heavy atom. The molecule has 1 fully saturated rings. The molecule has 2 heterocycles. The summed E-state index contributed by atoms with van der Waals surface area (Å²) in [5.74, 6) is -2.29. The SMILES string of the molecule is Cc1csc(SC2CCC(NC(=O)c3nc(C(F)(F)F)n(C)n3)CC2)n1. The van der Waals surface area contributed by atoms with E-state index in [2.05, 4.69) is 20.4 Å². The molecule has 11 heteroatoms. The molecule has 2 aromatic rings. The fraction of sp³-hybridized carbons (Fsp3) is 0.600. The standard InChI is InChI=1S/C15H18F3N5OS2/c1-8-7-25-14(19-8)26-10-5-3-9(4-6-10)20-12(24)11-21-13(15(16,17)18)23(2)22-11/h7,9-10H,3-6H2,1-2H3,(H,20,24). The first kappa shape index (κ1) is 19.2. The van der Waals surface area contributed by atoms with Gasteiger partial charge in [-0.3, -0.25) is 4.79 Å². The zero-order valence-corrected chi connectivity index (χ0v) is 15.8. The third-order valence-electron chi connectivity index (χ3n) is 4.09. The van der Waals surface area contributed by atoms with Crippen molar-refractivity contribution in [3.8, 4) is 0 Å². The molecule has 0 saturated heterocycles. The van der Waals surface area contributed by atoms with Crippen molar-refractivity contribution in [3.63, 3.8) is 0 Å². The van der Waals surface area contributed by atoms with E-state index in [-0.39, 0.29) is 6.04 Å². The lowest BCUT2D eigenvalue weighted by Crippen LogP contribution is -2.38. The number of hydrogen-bond acceptors (Lipinski definition) is 6. The third-order valence-corrected chi connectivity index (χ3v) is 6.52. The van der Waals surface area contributed by atoms with Gasteiger partial charge in [-0.2, -0.15) is 18.2 Å². The summed E-state index contributed by atoms with van der Waals surface area (Å²) in [5.41, 5.74) is 1.01. The van der Waals surface area contributed by atoms with Crippen molar-refractivity contribution in [2.45, 2.75) is 54.4 Å². The third kappa shape index (κ3) is 4.56. The van der Waals surface area contributed by atoms with E-state index in [9.17, 15) is 18.0 Å². The second-order valence-corrected chi connectivity index (χ2v) is 8.61. The second-order valence-electron chi connectivity index (χ2n) is 6.20. The van der Waals surface area contributed by atoms with E-state index in [1.165, 1.54) is 0 Å². The van der Waals surface area contributed by atoms with Crippen molar-refractivity contribution in [3.05, 3.63) is 22.7 Å². The van der Waals surface area contributed by atoms with Crippen LogP contribution in [0.15, 0.2) is 9.72 Å². The monoisotopic (exact) mass is 405 g/mol. The molecule has 3 rings (SSSR count). The van der Waals surface area contributed by atoms with Crippen LogP contribution in [-0.2, 0) is 13.2 Å². The molecule has 26 heavy (non-hydrogen) atoms. The van der Waals surface area contributed by atoms with Gasteiger partial charge in [-0.1, -0.05) is 11.8 Å². The highest BCUT2D eigenvalue weighted by molar-refractivity contribution is 8.01. The molecule has 1 aliphatic carbocycles. The van der Waals surface area contributed by atoms with Gasteiger partial charge < -0.3 is 5.32 Å². The summed E-state index contributed by atoms with van der Waals surface area (Å²) in [6.07, 6.45) is -1.27. The molecule has 0 bridgehead atoms. The number of alkyl halides is 3. The number of aromatic nitrogens is 4. The number of thiazole rings is 1. The Morgan fingerprint density at radius 3 is 2.54 bits per heavy atom. The normalized spacial score (nSPS) is 21.0. The van der Waals surface area contributed by atoms with Gasteiger partial charge >= 0.3 is 6.18 Å². The van der Waals surface area contributed by atoms with Crippen molar-refractivity contribution >= 4 is 29.0 Å². The van der Waals surface area contributed by atoms with E-state index < -0.39 is 23.7 Å². The smallest absolute Gasteiger partial charge is 0.347 e. The molecule has 1 aliphatic rings. The van der Waals surface area contributed by atoms with E-state index >= 15 is 0 Å². The number of aryl methyl sites for hydroxylation is 2. The minimum Gasteiger partial charge on any atom is -0.347 e. The first-order valence-corrected chi connectivity index (χ1v) is 9.86. The lowest BCUT2D eigenvalue weighted by atomic mass is 9.95. The molecule has 0 aliphatic heterocycles. The Bertz CT molecular complexity index is 781. The lowest BCUT2D eigenvalue weighted by molar-refractivity contribution is -0.147. The van der Waals surface area contributed by atoms with Gasteiger partial charge in [-0.05, 0) is 32.6 Å². The Hall–Kier alpha value is -1.62. The Labute approximate surface area is 156 Å². The van der Waals surface area contributed by atoms with Crippen LogP contribution in [0.25, 0.3) is 0 Å². The Morgan fingerprint density at radius 2 is 2.00 bits per heavy atom. The predicted molar refractivity (Wildman–Crippen MR) is 92.2 cm³/mol. The van der Waals surface area contributed by atoms with Crippen LogP contribution in [0.2, 0.25) is 0 Å². The van der Waals surface area contributed by atoms with Crippen LogP contribution >= 0.6 is 23.1 Å². The van der Waals surface area contributed by atoms with E-state index in [1.54, 1.807) is 23.1 Å². The van der Waals surface area contributed by atoms with Crippen LogP contribution in [0.1, 0.15) is 47.8 Å². The van der Waals surface area contributed by atoms with Crippen molar-refractivity contribution in [1.82, 2.24) is 25.1 Å².